The third-order valence-electron chi connectivity index (χ3n) is 2.90. The summed E-state index contributed by atoms with van der Waals surface area (Å²) in [6, 6.07) is 0. The zero-order valence-corrected chi connectivity index (χ0v) is 9.51. The summed E-state index contributed by atoms with van der Waals surface area (Å²) in [6.45, 7) is 1.22. The van der Waals surface area contributed by atoms with E-state index in [-0.39, 0.29) is 5.56 Å². The van der Waals surface area contributed by atoms with E-state index in [4.69, 9.17) is 9.84 Å². The van der Waals surface area contributed by atoms with Gasteiger partial charge in [0.25, 0.3) is 0 Å². The van der Waals surface area contributed by atoms with Crippen LogP contribution in [0.1, 0.15) is 22.5 Å². The zero-order valence-electron chi connectivity index (χ0n) is 9.51. The smallest absolute Gasteiger partial charge is 0.339 e. The highest BCUT2D eigenvalue weighted by Crippen LogP contribution is 2.22. The lowest BCUT2D eigenvalue weighted by atomic mass is 10.1. The van der Waals surface area contributed by atoms with Crippen molar-refractivity contribution in [3.05, 3.63) is 29.7 Å². The Morgan fingerprint density at radius 3 is 3.11 bits per heavy atom. The van der Waals surface area contributed by atoms with Crippen molar-refractivity contribution >= 4 is 22.7 Å². The molecule has 6 heteroatoms. The number of ether oxygens (including phenoxy) is 1. The third kappa shape index (κ3) is 1.76. The lowest BCUT2D eigenvalue weighted by molar-refractivity contribution is 0.0699. The quantitative estimate of drug-likeness (QED) is 0.836. The summed E-state index contributed by atoms with van der Waals surface area (Å²) in [5.41, 5.74) is 2.80. The Balaban J connectivity index is 2.11. The number of aromatic carboxylic acids is 1. The molecule has 3 heterocycles. The molecule has 0 fully saturated rings. The monoisotopic (exact) mass is 245 g/mol. The summed E-state index contributed by atoms with van der Waals surface area (Å²) in [6.07, 6.45) is 5.79. The highest BCUT2D eigenvalue weighted by molar-refractivity contribution is 6.00. The Morgan fingerprint density at radius 1 is 1.50 bits per heavy atom. The van der Waals surface area contributed by atoms with Crippen molar-refractivity contribution in [2.24, 2.45) is 0 Å². The van der Waals surface area contributed by atoms with E-state index in [9.17, 15) is 4.79 Å². The van der Waals surface area contributed by atoms with Gasteiger partial charge in [0, 0.05) is 6.20 Å². The van der Waals surface area contributed by atoms with Gasteiger partial charge in [0.2, 0.25) is 0 Å². The number of carboxylic acids is 1. The van der Waals surface area contributed by atoms with E-state index in [1.807, 2.05) is 6.08 Å². The van der Waals surface area contributed by atoms with Crippen molar-refractivity contribution in [1.82, 2.24) is 15.0 Å². The van der Waals surface area contributed by atoms with Gasteiger partial charge in [-0.1, -0.05) is 6.08 Å². The summed E-state index contributed by atoms with van der Waals surface area (Å²) in [7, 11) is 0. The van der Waals surface area contributed by atoms with Crippen molar-refractivity contribution in [3.63, 3.8) is 0 Å². The standard InChI is InChI=1S/C12H11N3O3/c16-12(17)8-5-13-11-10(8)15-9(6-14-11)7-1-3-18-4-2-7/h1,5-6H,2-4H2,(H,13,14)(H,16,17). The van der Waals surface area contributed by atoms with Crippen molar-refractivity contribution in [3.8, 4) is 0 Å². The Kier molecular flexibility index (Phi) is 2.56. The SMILES string of the molecule is O=C(O)c1c[nH]c2ncc(C3=CCOCC3)nc12. The van der Waals surface area contributed by atoms with Gasteiger partial charge in [-0.2, -0.15) is 0 Å². The predicted octanol–water partition coefficient (Wildman–Crippen LogP) is 1.46. The minimum Gasteiger partial charge on any atom is -0.478 e. The number of hydrogen-bond donors (Lipinski definition) is 2. The summed E-state index contributed by atoms with van der Waals surface area (Å²) < 4.78 is 5.23. The van der Waals surface area contributed by atoms with Gasteiger partial charge < -0.3 is 14.8 Å². The van der Waals surface area contributed by atoms with Gasteiger partial charge in [-0.25, -0.2) is 14.8 Å². The molecule has 92 valence electrons. The molecule has 0 spiro atoms. The first-order valence-electron chi connectivity index (χ1n) is 5.60. The Labute approximate surface area is 102 Å². The Bertz CT molecular complexity index is 645. The number of H-pyrrole nitrogens is 1. The highest BCUT2D eigenvalue weighted by Gasteiger charge is 2.15. The number of fused-ring (bicyclic) bond motifs is 1. The number of aromatic amines is 1. The van der Waals surface area contributed by atoms with E-state index in [0.29, 0.717) is 30.1 Å². The molecule has 0 radical (unpaired) electrons. The van der Waals surface area contributed by atoms with Crippen LogP contribution in [0.2, 0.25) is 0 Å². The van der Waals surface area contributed by atoms with Crippen molar-refractivity contribution < 1.29 is 14.6 Å². The topological polar surface area (TPSA) is 88.1 Å². The average Bonchev–Trinajstić information content (AvgIpc) is 2.82. The van der Waals surface area contributed by atoms with Crippen LogP contribution in [0, 0.1) is 0 Å². The van der Waals surface area contributed by atoms with E-state index in [1.165, 1.54) is 6.20 Å². The van der Waals surface area contributed by atoms with E-state index in [2.05, 4.69) is 15.0 Å². The van der Waals surface area contributed by atoms with E-state index < -0.39 is 5.97 Å². The molecule has 0 saturated heterocycles. The fraction of sp³-hybridized carbons (Fsp3) is 0.250. The van der Waals surface area contributed by atoms with E-state index in [0.717, 1.165) is 12.0 Å². The summed E-state index contributed by atoms with van der Waals surface area (Å²) >= 11 is 0. The molecule has 1 aliphatic rings. The van der Waals surface area contributed by atoms with Gasteiger partial charge in [-0.15, -0.1) is 0 Å². The molecule has 0 amide bonds. The molecule has 2 aromatic rings. The molecule has 0 bridgehead atoms. The highest BCUT2D eigenvalue weighted by atomic mass is 16.5. The molecule has 0 unspecified atom stereocenters. The van der Waals surface area contributed by atoms with Gasteiger partial charge in [-0.05, 0) is 12.0 Å². The van der Waals surface area contributed by atoms with Gasteiger partial charge >= 0.3 is 5.97 Å². The molecule has 2 N–H and O–H groups in total. The second-order valence-electron chi connectivity index (χ2n) is 4.01. The normalized spacial score (nSPS) is 15.7. The summed E-state index contributed by atoms with van der Waals surface area (Å²) in [4.78, 5) is 22.4. The molecular weight excluding hydrogens is 234 g/mol. The van der Waals surface area contributed by atoms with Gasteiger partial charge in [0.1, 0.15) is 11.1 Å². The number of nitrogens with zero attached hydrogens (tertiary/aromatic N) is 2. The molecule has 0 aromatic carbocycles. The molecule has 2 aromatic heterocycles. The number of carbonyl (C=O) groups is 1. The van der Waals surface area contributed by atoms with Crippen molar-refractivity contribution in [1.29, 1.82) is 0 Å². The number of rotatable bonds is 2. The molecular formula is C12H11N3O3. The molecule has 1 aliphatic heterocycles. The van der Waals surface area contributed by atoms with E-state index in [1.54, 1.807) is 6.20 Å². The van der Waals surface area contributed by atoms with Gasteiger partial charge in [0.15, 0.2) is 5.65 Å². The molecule has 18 heavy (non-hydrogen) atoms. The maximum absolute atomic E-state index is 11.0. The fourth-order valence-corrected chi connectivity index (χ4v) is 1.97. The second-order valence-corrected chi connectivity index (χ2v) is 4.01. The second kappa shape index (κ2) is 4.23. The maximum atomic E-state index is 11.0. The molecule has 0 atom stereocenters. The van der Waals surface area contributed by atoms with Crippen LogP contribution in [0.4, 0.5) is 0 Å². The number of hydrogen-bond acceptors (Lipinski definition) is 4. The Hall–Kier alpha value is -2.21. The minimum atomic E-state index is -1.01. The Morgan fingerprint density at radius 2 is 2.39 bits per heavy atom. The maximum Gasteiger partial charge on any atom is 0.339 e. The van der Waals surface area contributed by atoms with E-state index >= 15 is 0 Å². The van der Waals surface area contributed by atoms with Gasteiger partial charge in [-0.3, -0.25) is 0 Å². The van der Waals surface area contributed by atoms with Crippen molar-refractivity contribution in [2.75, 3.05) is 13.2 Å². The lowest BCUT2D eigenvalue weighted by Gasteiger charge is -2.12. The van der Waals surface area contributed by atoms with Crippen LogP contribution in [-0.4, -0.2) is 39.2 Å². The zero-order chi connectivity index (χ0) is 12.5. The molecule has 6 nitrogen and oxygen atoms in total. The number of carboxylic acid groups (broad SMARTS) is 1. The van der Waals surface area contributed by atoms with Crippen LogP contribution in [0.15, 0.2) is 18.5 Å². The lowest BCUT2D eigenvalue weighted by Crippen LogP contribution is -2.05. The third-order valence-corrected chi connectivity index (χ3v) is 2.90. The summed E-state index contributed by atoms with van der Waals surface area (Å²) in [5, 5.41) is 9.05. The minimum absolute atomic E-state index is 0.145. The average molecular weight is 245 g/mol. The first-order chi connectivity index (χ1) is 8.75. The van der Waals surface area contributed by atoms with Crippen molar-refractivity contribution in [2.45, 2.75) is 6.42 Å². The number of aromatic nitrogens is 3. The van der Waals surface area contributed by atoms with Crippen LogP contribution in [-0.2, 0) is 4.74 Å². The first kappa shape index (κ1) is 10.9. The summed E-state index contributed by atoms with van der Waals surface area (Å²) in [5.74, 6) is -1.01. The first-order valence-corrected chi connectivity index (χ1v) is 5.60. The van der Waals surface area contributed by atoms with Crippen LogP contribution in [0.5, 0.6) is 0 Å². The van der Waals surface area contributed by atoms with Crippen LogP contribution in [0.25, 0.3) is 16.7 Å². The predicted molar refractivity (Wildman–Crippen MR) is 64.3 cm³/mol. The van der Waals surface area contributed by atoms with Crippen LogP contribution >= 0.6 is 0 Å². The number of nitrogens with one attached hydrogen (secondary N) is 1. The molecule has 0 saturated carbocycles. The van der Waals surface area contributed by atoms with Crippen LogP contribution in [0.3, 0.4) is 0 Å². The molecule has 0 aliphatic carbocycles. The van der Waals surface area contributed by atoms with Gasteiger partial charge in [0.05, 0.1) is 25.1 Å². The fourth-order valence-electron chi connectivity index (χ4n) is 1.97. The molecule has 3 rings (SSSR count). The largest absolute Gasteiger partial charge is 0.478 e. The van der Waals surface area contributed by atoms with Crippen LogP contribution < -0.4 is 0 Å².